The van der Waals surface area contributed by atoms with Crippen LogP contribution in [0.15, 0.2) is 108 Å². The third-order valence-electron chi connectivity index (χ3n) is 6.37. The van der Waals surface area contributed by atoms with Crippen molar-refractivity contribution in [3.63, 3.8) is 0 Å². The van der Waals surface area contributed by atoms with Crippen molar-refractivity contribution < 1.29 is 19.2 Å². The minimum atomic E-state index is -1.30. The summed E-state index contributed by atoms with van der Waals surface area (Å²) in [6.45, 7) is 1.81. The normalized spacial score (nSPS) is 11.6. The van der Waals surface area contributed by atoms with Gasteiger partial charge in [0.2, 0.25) is 6.10 Å². The first-order chi connectivity index (χ1) is 19.3. The Hall–Kier alpha value is -4.89. The van der Waals surface area contributed by atoms with Gasteiger partial charge < -0.3 is 10.1 Å². The number of esters is 1. The van der Waals surface area contributed by atoms with E-state index < -0.39 is 22.9 Å². The second-order valence-corrected chi connectivity index (χ2v) is 9.80. The van der Waals surface area contributed by atoms with Gasteiger partial charge in [0.1, 0.15) is 0 Å². The number of aromatic nitrogens is 1. The predicted molar refractivity (Wildman–Crippen MR) is 156 cm³/mol. The number of nitrogens with zero attached hydrogens (tertiary/aromatic N) is 2. The van der Waals surface area contributed by atoms with Crippen molar-refractivity contribution >= 4 is 50.1 Å². The summed E-state index contributed by atoms with van der Waals surface area (Å²) in [7, 11) is 0. The molecule has 8 nitrogen and oxygen atoms in total. The quantitative estimate of drug-likeness (QED) is 0.119. The van der Waals surface area contributed by atoms with Crippen molar-refractivity contribution in [2.45, 2.75) is 13.0 Å². The van der Waals surface area contributed by atoms with Gasteiger partial charge in [-0.05, 0) is 40.5 Å². The molecule has 0 bridgehead atoms. The van der Waals surface area contributed by atoms with E-state index in [4.69, 9.17) is 9.72 Å². The molecule has 198 valence electrons. The lowest BCUT2D eigenvalue weighted by Crippen LogP contribution is -2.26. The van der Waals surface area contributed by atoms with Crippen LogP contribution in [-0.4, -0.2) is 21.8 Å². The van der Waals surface area contributed by atoms with Gasteiger partial charge in [-0.25, -0.2) is 9.78 Å². The zero-order valence-corrected chi connectivity index (χ0v) is 22.8. The van der Waals surface area contributed by atoms with Crippen molar-refractivity contribution in [1.82, 2.24) is 4.98 Å². The molecule has 1 heterocycles. The van der Waals surface area contributed by atoms with E-state index >= 15 is 0 Å². The summed E-state index contributed by atoms with van der Waals surface area (Å²) < 4.78 is 6.25. The third kappa shape index (κ3) is 5.45. The number of nitro groups is 1. The Kier molecular flexibility index (Phi) is 7.65. The topological polar surface area (TPSA) is 111 Å². The number of hydrogen-bond acceptors (Lipinski definition) is 6. The number of pyridine rings is 1. The van der Waals surface area contributed by atoms with Crippen LogP contribution in [0.5, 0.6) is 0 Å². The van der Waals surface area contributed by atoms with Crippen molar-refractivity contribution in [2.24, 2.45) is 0 Å². The highest BCUT2D eigenvalue weighted by atomic mass is 79.9. The number of amides is 1. The molecule has 5 aromatic rings. The van der Waals surface area contributed by atoms with Crippen molar-refractivity contribution in [1.29, 1.82) is 0 Å². The van der Waals surface area contributed by atoms with E-state index in [1.165, 1.54) is 18.2 Å². The summed E-state index contributed by atoms with van der Waals surface area (Å²) in [5.74, 6) is -1.30. The maximum atomic E-state index is 13.9. The molecule has 0 radical (unpaired) electrons. The van der Waals surface area contributed by atoms with E-state index in [2.05, 4.69) is 21.2 Å². The van der Waals surface area contributed by atoms with E-state index in [9.17, 15) is 19.7 Å². The van der Waals surface area contributed by atoms with Crippen LogP contribution in [0, 0.1) is 17.0 Å². The zero-order valence-electron chi connectivity index (χ0n) is 21.2. The number of fused-ring (bicyclic) bond motifs is 1. The van der Waals surface area contributed by atoms with Crippen molar-refractivity contribution in [3.8, 4) is 11.3 Å². The average molecular weight is 596 g/mol. The Morgan fingerprint density at radius 1 is 0.925 bits per heavy atom. The number of benzene rings is 4. The first-order valence-corrected chi connectivity index (χ1v) is 13.1. The van der Waals surface area contributed by atoms with Crippen LogP contribution in [0.1, 0.15) is 27.6 Å². The van der Waals surface area contributed by atoms with E-state index in [0.29, 0.717) is 43.4 Å². The highest BCUT2D eigenvalue weighted by Gasteiger charge is 2.29. The first kappa shape index (κ1) is 26.7. The number of ether oxygens (including phenoxy) is 1. The fourth-order valence-corrected chi connectivity index (χ4v) is 4.90. The maximum absolute atomic E-state index is 13.9. The molecule has 1 amide bonds. The molecule has 5 rings (SSSR count). The van der Waals surface area contributed by atoms with Crippen LogP contribution in [0.4, 0.5) is 11.4 Å². The SMILES string of the molecule is Cc1c(-c2ccccc2)nc2ccccc2c1C(=O)OC(C(=O)Nc1ccc([N+](=O)[O-])cc1Br)c1ccccc1. The minimum absolute atomic E-state index is 0.134. The lowest BCUT2D eigenvalue weighted by Gasteiger charge is -2.20. The molecule has 1 aromatic heterocycles. The lowest BCUT2D eigenvalue weighted by molar-refractivity contribution is -0.384. The molecule has 4 aromatic carbocycles. The molecule has 0 saturated carbocycles. The van der Waals surface area contributed by atoms with Crippen molar-refractivity contribution in [2.75, 3.05) is 5.32 Å². The van der Waals surface area contributed by atoms with Gasteiger partial charge in [0.25, 0.3) is 11.6 Å². The van der Waals surface area contributed by atoms with E-state index in [-0.39, 0.29) is 5.69 Å². The Labute approximate surface area is 237 Å². The van der Waals surface area contributed by atoms with Gasteiger partial charge in [-0.15, -0.1) is 0 Å². The molecular weight excluding hydrogens is 574 g/mol. The Balaban J connectivity index is 1.54. The molecule has 0 saturated heterocycles. The van der Waals surface area contributed by atoms with Crippen LogP contribution in [-0.2, 0) is 9.53 Å². The number of nitro benzene ring substituents is 1. The third-order valence-corrected chi connectivity index (χ3v) is 7.03. The zero-order chi connectivity index (χ0) is 28.2. The number of nitrogens with one attached hydrogen (secondary N) is 1. The molecular formula is C31H22BrN3O5. The number of carbonyl (C=O) groups excluding carboxylic acids is 2. The van der Waals surface area contributed by atoms with Gasteiger partial charge in [-0.1, -0.05) is 78.9 Å². The Bertz CT molecular complexity index is 1740. The number of carbonyl (C=O) groups is 2. The van der Waals surface area contributed by atoms with Gasteiger partial charge in [0, 0.05) is 33.1 Å². The van der Waals surface area contributed by atoms with Gasteiger partial charge in [0.05, 0.1) is 27.4 Å². The summed E-state index contributed by atoms with van der Waals surface area (Å²) in [5.41, 5.74) is 3.67. The molecule has 0 aliphatic heterocycles. The molecule has 0 aliphatic carbocycles. The molecule has 1 atom stereocenters. The summed E-state index contributed by atoms with van der Waals surface area (Å²) in [5, 5.41) is 14.4. The monoisotopic (exact) mass is 595 g/mol. The summed E-state index contributed by atoms with van der Waals surface area (Å²) >= 11 is 3.27. The number of halogens is 1. The van der Waals surface area contributed by atoms with E-state index in [1.54, 1.807) is 36.4 Å². The largest absolute Gasteiger partial charge is 0.444 e. The van der Waals surface area contributed by atoms with E-state index in [0.717, 1.165) is 5.56 Å². The second kappa shape index (κ2) is 11.5. The summed E-state index contributed by atoms with van der Waals surface area (Å²) in [4.78, 5) is 42.8. The smallest absolute Gasteiger partial charge is 0.340 e. The molecule has 0 aliphatic rings. The van der Waals surface area contributed by atoms with Crippen LogP contribution in [0.2, 0.25) is 0 Å². The van der Waals surface area contributed by atoms with Crippen LogP contribution < -0.4 is 5.32 Å². The number of non-ortho nitro benzene ring substituents is 1. The predicted octanol–water partition coefficient (Wildman–Crippen LogP) is 7.42. The average Bonchev–Trinajstić information content (AvgIpc) is 2.97. The number of para-hydroxylation sites is 1. The van der Waals surface area contributed by atoms with Crippen LogP contribution >= 0.6 is 15.9 Å². The summed E-state index contributed by atoms with van der Waals surface area (Å²) in [6, 6.07) is 29.5. The van der Waals surface area contributed by atoms with E-state index in [1.807, 2.05) is 55.5 Å². The highest BCUT2D eigenvalue weighted by Crippen LogP contribution is 2.33. The van der Waals surface area contributed by atoms with Gasteiger partial charge >= 0.3 is 5.97 Å². The first-order valence-electron chi connectivity index (χ1n) is 12.3. The van der Waals surface area contributed by atoms with Gasteiger partial charge in [-0.2, -0.15) is 0 Å². The maximum Gasteiger partial charge on any atom is 0.340 e. The van der Waals surface area contributed by atoms with Crippen LogP contribution in [0.25, 0.3) is 22.2 Å². The molecule has 1 N–H and O–H groups in total. The van der Waals surface area contributed by atoms with Gasteiger partial charge in [0.15, 0.2) is 0 Å². The fourth-order valence-electron chi connectivity index (χ4n) is 4.43. The Morgan fingerprint density at radius 2 is 1.57 bits per heavy atom. The standard InChI is InChI=1S/C31H22BrN3O5/c1-19-27(23-14-8-9-15-25(23)33-28(19)20-10-4-2-5-11-20)31(37)40-29(21-12-6-3-7-13-21)30(36)34-26-17-16-22(35(38)39)18-24(26)32/h2-18,29H,1H3,(H,34,36). The number of rotatable bonds is 7. The fraction of sp³-hybridized carbons (Fsp3) is 0.0645. The number of anilines is 1. The minimum Gasteiger partial charge on any atom is -0.444 e. The van der Waals surface area contributed by atoms with Crippen molar-refractivity contribution in [3.05, 3.63) is 134 Å². The lowest BCUT2D eigenvalue weighted by atomic mass is 9.97. The second-order valence-electron chi connectivity index (χ2n) is 8.95. The molecule has 0 fully saturated rings. The molecule has 9 heteroatoms. The highest BCUT2D eigenvalue weighted by molar-refractivity contribution is 9.10. The molecule has 1 unspecified atom stereocenters. The molecule has 0 spiro atoms. The summed E-state index contributed by atoms with van der Waals surface area (Å²) in [6.07, 6.45) is -1.30. The number of hydrogen-bond donors (Lipinski definition) is 1. The van der Waals surface area contributed by atoms with Gasteiger partial charge in [-0.3, -0.25) is 14.9 Å². The molecule has 40 heavy (non-hydrogen) atoms. The Morgan fingerprint density at radius 3 is 2.25 bits per heavy atom. The van der Waals surface area contributed by atoms with Crippen LogP contribution in [0.3, 0.4) is 0 Å².